The van der Waals surface area contributed by atoms with E-state index >= 15 is 0 Å². The van der Waals surface area contributed by atoms with E-state index in [1.165, 1.54) is 25.3 Å². The average Bonchev–Trinajstić information content (AvgIpc) is 2.84. The third-order valence-electron chi connectivity index (χ3n) is 2.29. The summed E-state index contributed by atoms with van der Waals surface area (Å²) in [5, 5.41) is 5.39. The molecule has 0 fully saturated rings. The van der Waals surface area contributed by atoms with Gasteiger partial charge in [0.15, 0.2) is 10.8 Å². The van der Waals surface area contributed by atoms with Crippen molar-refractivity contribution in [3.05, 3.63) is 41.6 Å². The molecule has 0 saturated carbocycles. The predicted molar refractivity (Wildman–Crippen MR) is 60.5 cm³/mol. The molecule has 2 rings (SSSR count). The van der Waals surface area contributed by atoms with Crippen LogP contribution >= 0.6 is 0 Å². The number of aryl methyl sites for hydroxylation is 1. The van der Waals surface area contributed by atoms with Crippen LogP contribution in [0.3, 0.4) is 0 Å². The highest BCUT2D eigenvalue weighted by Crippen LogP contribution is 2.24. The molecule has 2 aromatic rings. The van der Waals surface area contributed by atoms with Gasteiger partial charge in [-0.15, -0.1) is 0 Å². The number of hydrogen-bond acceptors (Lipinski definition) is 3. The quantitative estimate of drug-likeness (QED) is 0.895. The first-order valence-electron chi connectivity index (χ1n) is 4.88. The summed E-state index contributed by atoms with van der Waals surface area (Å²) >= 11 is 0. The largest absolute Gasteiger partial charge is 0.279 e. The molecule has 8 heteroatoms. The fourth-order valence-corrected chi connectivity index (χ4v) is 2.31. The molecule has 96 valence electrons. The first kappa shape index (κ1) is 12.5. The molecule has 0 aliphatic heterocycles. The fraction of sp³-hybridized carbons (Fsp3) is 0.100. The Balaban J connectivity index is 2.45. The van der Waals surface area contributed by atoms with Crippen molar-refractivity contribution >= 4 is 15.7 Å². The van der Waals surface area contributed by atoms with E-state index in [0.29, 0.717) is 0 Å². The minimum absolute atomic E-state index is 0.138. The lowest BCUT2D eigenvalue weighted by atomic mass is 10.2. The summed E-state index contributed by atoms with van der Waals surface area (Å²) in [5.74, 6) is -1.93. The monoisotopic (exact) mass is 273 g/mol. The van der Waals surface area contributed by atoms with Crippen molar-refractivity contribution in [2.75, 3.05) is 4.72 Å². The summed E-state index contributed by atoms with van der Waals surface area (Å²) in [5.41, 5.74) is -0.566. The Morgan fingerprint density at radius 3 is 2.61 bits per heavy atom. The third kappa shape index (κ3) is 2.19. The van der Waals surface area contributed by atoms with Gasteiger partial charge in [0.2, 0.25) is 0 Å². The maximum Gasteiger partial charge on any atom is 0.279 e. The number of H-pyrrole nitrogens is 1. The van der Waals surface area contributed by atoms with Gasteiger partial charge in [-0.2, -0.15) is 13.5 Å². The Bertz CT molecular complexity index is 669. The van der Waals surface area contributed by atoms with E-state index < -0.39 is 27.3 Å². The molecule has 2 N–H and O–H groups in total. The summed E-state index contributed by atoms with van der Waals surface area (Å²) in [6.07, 6.45) is 1.22. The number of benzene rings is 1. The molecule has 1 heterocycles. The summed E-state index contributed by atoms with van der Waals surface area (Å²) in [6.45, 7) is 1.41. The van der Waals surface area contributed by atoms with Crippen LogP contribution in [0.25, 0.3) is 0 Å². The van der Waals surface area contributed by atoms with Gasteiger partial charge < -0.3 is 0 Å². The zero-order chi connectivity index (χ0) is 13.3. The Morgan fingerprint density at radius 2 is 2.00 bits per heavy atom. The molecular formula is C10H9F2N3O2S. The first-order valence-corrected chi connectivity index (χ1v) is 6.37. The highest BCUT2D eigenvalue weighted by molar-refractivity contribution is 7.92. The molecule has 0 aliphatic carbocycles. The first-order chi connectivity index (χ1) is 8.42. The van der Waals surface area contributed by atoms with E-state index in [1.54, 1.807) is 0 Å². The van der Waals surface area contributed by atoms with E-state index in [9.17, 15) is 17.2 Å². The highest BCUT2D eigenvalue weighted by Gasteiger charge is 2.21. The van der Waals surface area contributed by atoms with E-state index in [1.807, 2.05) is 4.72 Å². The van der Waals surface area contributed by atoms with Crippen molar-refractivity contribution in [2.24, 2.45) is 0 Å². The lowest BCUT2D eigenvalue weighted by molar-refractivity contribution is 0.577. The number of nitrogens with one attached hydrogen (secondary N) is 2. The number of sulfonamides is 1. The van der Waals surface area contributed by atoms with Crippen LogP contribution < -0.4 is 4.72 Å². The summed E-state index contributed by atoms with van der Waals surface area (Å²) in [6, 6.07) is 3.38. The van der Waals surface area contributed by atoms with Gasteiger partial charge in [-0.25, -0.2) is 8.78 Å². The summed E-state index contributed by atoms with van der Waals surface area (Å²) < 4.78 is 52.4. The Morgan fingerprint density at radius 1 is 1.28 bits per heavy atom. The van der Waals surface area contributed by atoms with Gasteiger partial charge in [0.25, 0.3) is 10.0 Å². The highest BCUT2D eigenvalue weighted by atomic mass is 32.2. The smallest absolute Gasteiger partial charge is 0.273 e. The van der Waals surface area contributed by atoms with Crippen molar-refractivity contribution in [3.8, 4) is 0 Å². The topological polar surface area (TPSA) is 74.8 Å². The van der Waals surface area contributed by atoms with Gasteiger partial charge in [-0.05, 0) is 24.6 Å². The van der Waals surface area contributed by atoms with Crippen molar-refractivity contribution in [2.45, 2.75) is 11.9 Å². The normalized spacial score (nSPS) is 11.5. The molecule has 0 saturated heterocycles. The van der Waals surface area contributed by atoms with Crippen molar-refractivity contribution in [1.29, 1.82) is 0 Å². The van der Waals surface area contributed by atoms with Crippen LogP contribution in [0.2, 0.25) is 0 Å². The molecule has 0 aliphatic rings. The lowest BCUT2D eigenvalue weighted by Crippen LogP contribution is -2.16. The van der Waals surface area contributed by atoms with Crippen molar-refractivity contribution in [1.82, 2.24) is 10.2 Å². The molecule has 0 bridgehead atoms. The molecule has 0 radical (unpaired) electrons. The Hall–Kier alpha value is -1.96. The van der Waals surface area contributed by atoms with Gasteiger partial charge in [0.05, 0.1) is 6.20 Å². The van der Waals surface area contributed by atoms with Gasteiger partial charge in [0, 0.05) is 0 Å². The molecule has 18 heavy (non-hydrogen) atoms. The Labute approximate surface area is 102 Å². The molecule has 1 aromatic heterocycles. The number of halogens is 2. The van der Waals surface area contributed by atoms with E-state index in [4.69, 9.17) is 0 Å². The van der Waals surface area contributed by atoms with E-state index in [-0.39, 0.29) is 10.6 Å². The van der Waals surface area contributed by atoms with Crippen molar-refractivity contribution < 1.29 is 17.2 Å². The van der Waals surface area contributed by atoms with Crippen LogP contribution in [0.1, 0.15) is 5.56 Å². The number of aromatic amines is 1. The standard InChI is InChI=1S/C10H9F2N3O2S/c1-6-2-3-7(11)10(9(6)12)15-18(16,17)8-4-5-13-14-8/h2-5,15H,1H3,(H,13,14). The zero-order valence-electron chi connectivity index (χ0n) is 9.24. The summed E-state index contributed by atoms with van der Waals surface area (Å²) in [7, 11) is -4.08. The van der Waals surface area contributed by atoms with Crippen LogP contribution in [-0.2, 0) is 10.0 Å². The minimum atomic E-state index is -4.08. The average molecular weight is 273 g/mol. The second-order valence-electron chi connectivity index (χ2n) is 3.58. The summed E-state index contributed by atoms with van der Waals surface area (Å²) in [4.78, 5) is 0. The van der Waals surface area contributed by atoms with Crippen LogP contribution in [-0.4, -0.2) is 18.6 Å². The fourth-order valence-electron chi connectivity index (χ4n) is 1.33. The second kappa shape index (κ2) is 4.37. The molecule has 5 nitrogen and oxygen atoms in total. The van der Waals surface area contributed by atoms with E-state index in [2.05, 4.69) is 10.2 Å². The minimum Gasteiger partial charge on any atom is -0.273 e. The van der Waals surface area contributed by atoms with Crippen LogP contribution in [0, 0.1) is 18.6 Å². The molecule has 0 unspecified atom stereocenters. The zero-order valence-corrected chi connectivity index (χ0v) is 10.1. The SMILES string of the molecule is Cc1ccc(F)c(NS(=O)(=O)c2ccn[nH]2)c1F. The maximum absolute atomic E-state index is 13.6. The predicted octanol–water partition coefficient (Wildman–Crippen LogP) is 1.80. The van der Waals surface area contributed by atoms with Crippen LogP contribution in [0.15, 0.2) is 29.4 Å². The molecule has 1 aromatic carbocycles. The molecule has 0 spiro atoms. The number of rotatable bonds is 3. The van der Waals surface area contributed by atoms with Gasteiger partial charge >= 0.3 is 0 Å². The lowest BCUT2D eigenvalue weighted by Gasteiger charge is -2.09. The third-order valence-corrected chi connectivity index (χ3v) is 3.56. The van der Waals surface area contributed by atoms with Gasteiger partial charge in [-0.1, -0.05) is 6.07 Å². The number of hydrogen-bond donors (Lipinski definition) is 2. The number of anilines is 1. The molecular weight excluding hydrogens is 264 g/mol. The number of aromatic nitrogens is 2. The maximum atomic E-state index is 13.6. The second-order valence-corrected chi connectivity index (χ2v) is 5.23. The molecule has 0 amide bonds. The van der Waals surface area contributed by atoms with Gasteiger partial charge in [0.1, 0.15) is 11.5 Å². The number of nitrogens with zero attached hydrogens (tertiary/aromatic N) is 1. The molecule has 0 atom stereocenters. The van der Waals surface area contributed by atoms with E-state index in [0.717, 1.165) is 6.07 Å². The van der Waals surface area contributed by atoms with Gasteiger partial charge in [-0.3, -0.25) is 9.82 Å². The van der Waals surface area contributed by atoms with Crippen LogP contribution in [0.5, 0.6) is 0 Å². The van der Waals surface area contributed by atoms with Crippen LogP contribution in [0.4, 0.5) is 14.5 Å². The van der Waals surface area contributed by atoms with Crippen molar-refractivity contribution in [3.63, 3.8) is 0 Å². The Kier molecular flexibility index (Phi) is 3.04.